The number of hydrogen-bond donors (Lipinski definition) is 0. The highest BCUT2D eigenvalue weighted by Crippen LogP contribution is 2.22. The second-order valence-corrected chi connectivity index (χ2v) is 3.20. The van der Waals surface area contributed by atoms with Gasteiger partial charge in [0, 0.05) is 0 Å². The highest BCUT2D eigenvalue weighted by Gasteiger charge is 2.16. The van der Waals surface area contributed by atoms with Gasteiger partial charge < -0.3 is 9.47 Å². The Kier molecular flexibility index (Phi) is 3.90. The van der Waals surface area contributed by atoms with E-state index in [0.717, 1.165) is 0 Å². The molecule has 4 nitrogen and oxygen atoms in total. The van der Waals surface area contributed by atoms with Crippen molar-refractivity contribution in [1.29, 1.82) is 5.26 Å². The lowest BCUT2D eigenvalue weighted by molar-refractivity contribution is 0.0525. The van der Waals surface area contributed by atoms with Crippen molar-refractivity contribution in [2.24, 2.45) is 0 Å². The molecule has 4 heteroatoms. The van der Waals surface area contributed by atoms with Gasteiger partial charge in [0.05, 0.1) is 24.8 Å². The normalized spacial score (nSPS) is 9.38. The summed E-state index contributed by atoms with van der Waals surface area (Å²) < 4.78 is 9.92. The Hall–Kier alpha value is -2.02. The molecule has 0 amide bonds. The van der Waals surface area contributed by atoms with Crippen LogP contribution in [0, 0.1) is 18.3 Å². The summed E-state index contributed by atoms with van der Waals surface area (Å²) >= 11 is 0. The third-order valence-corrected chi connectivity index (χ3v) is 2.14. The zero-order valence-corrected chi connectivity index (χ0v) is 9.53. The van der Waals surface area contributed by atoms with Crippen LogP contribution >= 0.6 is 0 Å². The molecule has 0 aromatic heterocycles. The second-order valence-electron chi connectivity index (χ2n) is 3.20. The number of rotatable bonds is 3. The molecule has 0 fully saturated rings. The van der Waals surface area contributed by atoms with E-state index in [1.165, 1.54) is 13.2 Å². The minimum atomic E-state index is -0.473. The van der Waals surface area contributed by atoms with E-state index in [-0.39, 0.29) is 12.2 Å². The summed E-state index contributed by atoms with van der Waals surface area (Å²) in [6.07, 6.45) is 0. The number of methoxy groups -OCH3 is 1. The smallest absolute Gasteiger partial charge is 0.339 e. The van der Waals surface area contributed by atoms with Crippen LogP contribution in [0.2, 0.25) is 0 Å². The summed E-state index contributed by atoms with van der Waals surface area (Å²) in [6.45, 7) is 3.76. The largest absolute Gasteiger partial charge is 0.497 e. The number of nitrogens with zero attached hydrogens (tertiary/aromatic N) is 1. The van der Waals surface area contributed by atoms with Crippen molar-refractivity contribution in [3.8, 4) is 11.8 Å². The van der Waals surface area contributed by atoms with Gasteiger partial charge in [-0.15, -0.1) is 0 Å². The predicted octanol–water partition coefficient (Wildman–Crippen LogP) is 2.05. The Morgan fingerprint density at radius 3 is 2.69 bits per heavy atom. The van der Waals surface area contributed by atoms with Crippen LogP contribution in [0.5, 0.6) is 5.75 Å². The Labute approximate surface area is 94.4 Å². The molecule has 0 aliphatic carbocycles. The van der Waals surface area contributed by atoms with Crippen LogP contribution in [0.1, 0.15) is 28.4 Å². The fraction of sp³-hybridized carbons (Fsp3) is 0.333. The molecule has 0 saturated heterocycles. The molecule has 0 radical (unpaired) electrons. The van der Waals surface area contributed by atoms with Gasteiger partial charge >= 0.3 is 5.97 Å². The predicted molar refractivity (Wildman–Crippen MR) is 58.4 cm³/mol. The molecule has 1 rings (SSSR count). The summed E-state index contributed by atoms with van der Waals surface area (Å²) in [5.41, 5.74) is 1.26. The van der Waals surface area contributed by atoms with Gasteiger partial charge in [-0.05, 0) is 31.5 Å². The van der Waals surface area contributed by atoms with E-state index >= 15 is 0 Å². The summed E-state index contributed by atoms with van der Waals surface area (Å²) in [7, 11) is 1.51. The van der Waals surface area contributed by atoms with Gasteiger partial charge in [0.2, 0.25) is 0 Å². The first kappa shape index (κ1) is 12.1. The fourth-order valence-corrected chi connectivity index (χ4v) is 1.43. The fourth-order valence-electron chi connectivity index (χ4n) is 1.43. The van der Waals surface area contributed by atoms with Crippen LogP contribution in [0.15, 0.2) is 12.1 Å². The van der Waals surface area contributed by atoms with Crippen molar-refractivity contribution < 1.29 is 14.3 Å². The van der Waals surface area contributed by atoms with Crippen molar-refractivity contribution in [2.75, 3.05) is 13.7 Å². The molecule has 0 atom stereocenters. The standard InChI is InChI=1S/C12H13NO3/c1-4-16-12(14)11-8(2)5-10(15-3)6-9(11)7-13/h5-6H,4H2,1-3H3. The van der Waals surface area contributed by atoms with Gasteiger partial charge in [-0.3, -0.25) is 0 Å². The molecule has 0 aliphatic heterocycles. The number of nitriles is 1. The molecule has 0 bridgehead atoms. The van der Waals surface area contributed by atoms with Crippen molar-refractivity contribution in [2.45, 2.75) is 13.8 Å². The van der Waals surface area contributed by atoms with Gasteiger partial charge in [-0.2, -0.15) is 5.26 Å². The van der Waals surface area contributed by atoms with E-state index in [1.54, 1.807) is 19.9 Å². The number of ether oxygens (including phenoxy) is 2. The number of hydrogen-bond acceptors (Lipinski definition) is 4. The number of aryl methyl sites for hydroxylation is 1. The third-order valence-electron chi connectivity index (χ3n) is 2.14. The van der Waals surface area contributed by atoms with E-state index in [4.69, 9.17) is 14.7 Å². The molecule has 0 N–H and O–H groups in total. The van der Waals surface area contributed by atoms with Crippen LogP contribution in [-0.2, 0) is 4.74 Å². The number of benzene rings is 1. The molecule has 0 heterocycles. The zero-order chi connectivity index (χ0) is 12.1. The molecule has 0 aliphatic rings. The molecule has 1 aromatic carbocycles. The average molecular weight is 219 g/mol. The first-order chi connectivity index (χ1) is 7.63. The molecule has 1 aromatic rings. The van der Waals surface area contributed by atoms with E-state index in [1.807, 2.05) is 6.07 Å². The first-order valence-electron chi connectivity index (χ1n) is 4.89. The molecule has 84 valence electrons. The van der Waals surface area contributed by atoms with Crippen LogP contribution < -0.4 is 4.74 Å². The highest BCUT2D eigenvalue weighted by atomic mass is 16.5. The molecule has 16 heavy (non-hydrogen) atoms. The lowest BCUT2D eigenvalue weighted by Crippen LogP contribution is -2.09. The molecular formula is C12H13NO3. The van der Waals surface area contributed by atoms with E-state index in [2.05, 4.69) is 0 Å². The Morgan fingerprint density at radius 2 is 2.19 bits per heavy atom. The topological polar surface area (TPSA) is 59.3 Å². The molecular weight excluding hydrogens is 206 g/mol. The van der Waals surface area contributed by atoms with Crippen molar-refractivity contribution >= 4 is 5.97 Å². The third kappa shape index (κ3) is 2.31. The summed E-state index contributed by atoms with van der Waals surface area (Å²) in [5.74, 6) is 0.0845. The van der Waals surface area contributed by atoms with Crippen molar-refractivity contribution in [3.63, 3.8) is 0 Å². The molecule has 0 unspecified atom stereocenters. The van der Waals surface area contributed by atoms with Crippen molar-refractivity contribution in [3.05, 3.63) is 28.8 Å². The lowest BCUT2D eigenvalue weighted by atomic mass is 10.0. The van der Waals surface area contributed by atoms with Gasteiger partial charge in [0.1, 0.15) is 11.8 Å². The van der Waals surface area contributed by atoms with Crippen molar-refractivity contribution in [1.82, 2.24) is 0 Å². The lowest BCUT2D eigenvalue weighted by Gasteiger charge is -2.09. The maximum absolute atomic E-state index is 11.6. The number of esters is 1. The minimum absolute atomic E-state index is 0.273. The maximum Gasteiger partial charge on any atom is 0.339 e. The maximum atomic E-state index is 11.6. The highest BCUT2D eigenvalue weighted by molar-refractivity contribution is 5.94. The number of carbonyl (C=O) groups is 1. The van der Waals surface area contributed by atoms with Gasteiger partial charge in [-0.25, -0.2) is 4.79 Å². The van der Waals surface area contributed by atoms with Gasteiger partial charge in [0.15, 0.2) is 0 Å². The minimum Gasteiger partial charge on any atom is -0.497 e. The van der Waals surface area contributed by atoms with Gasteiger partial charge in [0.25, 0.3) is 0 Å². The Bertz CT molecular complexity index is 446. The van der Waals surface area contributed by atoms with Crippen LogP contribution in [0.4, 0.5) is 0 Å². The quantitative estimate of drug-likeness (QED) is 0.730. The van der Waals surface area contributed by atoms with Crippen LogP contribution in [-0.4, -0.2) is 19.7 Å². The average Bonchev–Trinajstić information content (AvgIpc) is 2.27. The van der Waals surface area contributed by atoms with Crippen LogP contribution in [0.3, 0.4) is 0 Å². The zero-order valence-electron chi connectivity index (χ0n) is 9.53. The van der Waals surface area contributed by atoms with Crippen LogP contribution in [0.25, 0.3) is 0 Å². The van der Waals surface area contributed by atoms with Gasteiger partial charge in [-0.1, -0.05) is 0 Å². The van der Waals surface area contributed by atoms with E-state index < -0.39 is 5.97 Å². The Morgan fingerprint density at radius 1 is 1.50 bits per heavy atom. The SMILES string of the molecule is CCOC(=O)c1c(C)cc(OC)cc1C#N. The molecule has 0 saturated carbocycles. The Balaban J connectivity index is 3.28. The van der Waals surface area contributed by atoms with E-state index in [9.17, 15) is 4.79 Å². The van der Waals surface area contributed by atoms with E-state index in [0.29, 0.717) is 16.9 Å². The second kappa shape index (κ2) is 5.17. The number of carbonyl (C=O) groups excluding carboxylic acids is 1. The first-order valence-corrected chi connectivity index (χ1v) is 4.89. The molecule has 0 spiro atoms. The summed E-state index contributed by atoms with van der Waals surface area (Å²) in [5, 5.41) is 8.97. The summed E-state index contributed by atoms with van der Waals surface area (Å²) in [6, 6.07) is 5.20. The summed E-state index contributed by atoms with van der Waals surface area (Å²) in [4.78, 5) is 11.6. The monoisotopic (exact) mass is 219 g/mol.